The number of nitrogens with zero attached hydrogens (tertiary/aromatic N) is 2. The zero-order chi connectivity index (χ0) is 20.3. The molecule has 28 heavy (non-hydrogen) atoms. The van der Waals surface area contributed by atoms with Crippen molar-refractivity contribution in [3.63, 3.8) is 0 Å². The molecule has 1 saturated heterocycles. The van der Waals surface area contributed by atoms with E-state index < -0.39 is 11.9 Å². The van der Waals surface area contributed by atoms with Crippen molar-refractivity contribution in [2.24, 2.45) is 0 Å². The predicted molar refractivity (Wildman–Crippen MR) is 108 cm³/mol. The summed E-state index contributed by atoms with van der Waals surface area (Å²) in [6.45, 7) is 3.67. The van der Waals surface area contributed by atoms with Crippen molar-refractivity contribution in [2.45, 2.75) is 32.4 Å². The van der Waals surface area contributed by atoms with E-state index in [0.717, 1.165) is 10.5 Å². The fourth-order valence-electron chi connectivity index (χ4n) is 3.46. The van der Waals surface area contributed by atoms with Gasteiger partial charge in [-0.1, -0.05) is 36.4 Å². The third-order valence-corrected chi connectivity index (χ3v) is 4.88. The number of urea groups is 1. The Morgan fingerprint density at radius 3 is 2.54 bits per heavy atom. The van der Waals surface area contributed by atoms with Crippen molar-refractivity contribution in [1.29, 1.82) is 0 Å². The number of carbonyl (C=O) groups is 3. The molecule has 2 aromatic carbocycles. The van der Waals surface area contributed by atoms with Crippen LogP contribution < -0.4 is 16.0 Å². The Balaban J connectivity index is 1.70. The van der Waals surface area contributed by atoms with Crippen molar-refractivity contribution >= 4 is 29.2 Å². The topological polar surface area (TPSA) is 95.7 Å². The number of anilines is 2. The van der Waals surface area contributed by atoms with E-state index in [9.17, 15) is 14.4 Å². The number of nitrogens with one attached hydrogen (secondary N) is 1. The van der Waals surface area contributed by atoms with Crippen molar-refractivity contribution in [2.75, 3.05) is 17.2 Å². The van der Waals surface area contributed by atoms with Crippen molar-refractivity contribution in [1.82, 2.24) is 10.2 Å². The number of rotatable bonds is 4. The molecule has 1 heterocycles. The van der Waals surface area contributed by atoms with E-state index in [0.29, 0.717) is 17.9 Å². The zero-order valence-electron chi connectivity index (χ0n) is 16.0. The molecule has 0 radical (unpaired) electrons. The number of likely N-dealkylation sites (tertiary alicyclic amines) is 1. The molecule has 0 bridgehead atoms. The second-order valence-electron chi connectivity index (χ2n) is 6.93. The average molecular weight is 380 g/mol. The summed E-state index contributed by atoms with van der Waals surface area (Å²) in [5.41, 5.74) is 7.65. The van der Waals surface area contributed by atoms with Crippen LogP contribution in [0, 0.1) is 0 Å². The van der Waals surface area contributed by atoms with Gasteiger partial charge in [0.2, 0.25) is 11.8 Å². The van der Waals surface area contributed by atoms with Gasteiger partial charge in [-0.15, -0.1) is 0 Å². The van der Waals surface area contributed by atoms with Gasteiger partial charge in [0.25, 0.3) is 0 Å². The third kappa shape index (κ3) is 4.14. The fourth-order valence-corrected chi connectivity index (χ4v) is 3.46. The SMILES string of the molecule is CC(=O)N(C(=O)NC1CC(=O)N(C(C)c2ccccc2)C1)c1cccc(N)c1. The van der Waals surface area contributed by atoms with Crippen molar-refractivity contribution in [3.05, 3.63) is 60.2 Å². The molecule has 2 unspecified atom stereocenters. The van der Waals surface area contributed by atoms with E-state index in [2.05, 4.69) is 5.32 Å². The molecular formula is C21H24N4O3. The number of hydrogen-bond donors (Lipinski definition) is 2. The Hall–Kier alpha value is -3.35. The van der Waals surface area contributed by atoms with Gasteiger partial charge >= 0.3 is 6.03 Å². The van der Waals surface area contributed by atoms with E-state index in [-0.39, 0.29) is 24.4 Å². The van der Waals surface area contributed by atoms with E-state index in [4.69, 9.17) is 5.73 Å². The first-order valence-electron chi connectivity index (χ1n) is 9.18. The molecule has 3 N–H and O–H groups in total. The number of benzene rings is 2. The Morgan fingerprint density at radius 2 is 1.89 bits per heavy atom. The number of nitrogen functional groups attached to an aromatic ring is 1. The molecule has 1 fully saturated rings. The zero-order valence-corrected chi connectivity index (χ0v) is 16.0. The minimum atomic E-state index is -0.565. The first kappa shape index (κ1) is 19.4. The molecule has 2 aromatic rings. The number of carbonyl (C=O) groups excluding carboxylic acids is 3. The highest BCUT2D eigenvalue weighted by atomic mass is 16.2. The summed E-state index contributed by atoms with van der Waals surface area (Å²) in [5, 5.41) is 2.81. The Labute approximate surface area is 164 Å². The molecule has 0 spiro atoms. The second-order valence-corrected chi connectivity index (χ2v) is 6.93. The van der Waals surface area contributed by atoms with Gasteiger partial charge in [0.1, 0.15) is 0 Å². The van der Waals surface area contributed by atoms with Crippen LogP contribution in [0.2, 0.25) is 0 Å². The summed E-state index contributed by atoms with van der Waals surface area (Å²) < 4.78 is 0. The van der Waals surface area contributed by atoms with Crippen LogP contribution in [0.4, 0.5) is 16.2 Å². The smallest absolute Gasteiger partial charge is 0.329 e. The van der Waals surface area contributed by atoms with E-state index >= 15 is 0 Å². The lowest BCUT2D eigenvalue weighted by molar-refractivity contribution is -0.129. The highest BCUT2D eigenvalue weighted by molar-refractivity contribution is 6.13. The summed E-state index contributed by atoms with van der Waals surface area (Å²) in [7, 11) is 0. The Bertz CT molecular complexity index is 884. The van der Waals surface area contributed by atoms with Crippen LogP contribution in [0.15, 0.2) is 54.6 Å². The van der Waals surface area contributed by atoms with Crippen LogP contribution in [-0.2, 0) is 9.59 Å². The van der Waals surface area contributed by atoms with Gasteiger partial charge in [-0.25, -0.2) is 9.69 Å². The number of nitrogens with two attached hydrogens (primary N) is 1. The van der Waals surface area contributed by atoms with Crippen LogP contribution in [-0.4, -0.2) is 35.3 Å². The first-order chi connectivity index (χ1) is 13.4. The minimum Gasteiger partial charge on any atom is -0.399 e. The normalized spacial score (nSPS) is 17.3. The van der Waals surface area contributed by atoms with E-state index in [1.807, 2.05) is 37.3 Å². The van der Waals surface area contributed by atoms with Crippen LogP contribution in [0.1, 0.15) is 31.9 Å². The molecule has 4 amide bonds. The molecule has 0 aromatic heterocycles. The van der Waals surface area contributed by atoms with E-state index in [1.54, 1.807) is 29.2 Å². The Kier molecular flexibility index (Phi) is 5.63. The van der Waals surface area contributed by atoms with Crippen molar-refractivity contribution in [3.8, 4) is 0 Å². The van der Waals surface area contributed by atoms with Gasteiger partial charge in [0.15, 0.2) is 0 Å². The number of hydrogen-bond acceptors (Lipinski definition) is 4. The number of imide groups is 1. The standard InChI is InChI=1S/C21H24N4O3/c1-14(16-7-4-3-5-8-16)24-13-18(12-20(24)27)23-21(28)25(15(2)26)19-10-6-9-17(22)11-19/h3-11,14,18H,12-13,22H2,1-2H3,(H,23,28). The van der Waals surface area contributed by atoms with Crippen LogP contribution in [0.25, 0.3) is 0 Å². The lowest BCUT2D eigenvalue weighted by Crippen LogP contribution is -2.48. The van der Waals surface area contributed by atoms with Crippen LogP contribution in [0.5, 0.6) is 0 Å². The molecule has 146 valence electrons. The second kappa shape index (κ2) is 8.12. The molecule has 1 aliphatic rings. The molecule has 1 aliphatic heterocycles. The fraction of sp³-hybridized carbons (Fsp3) is 0.286. The van der Waals surface area contributed by atoms with Crippen molar-refractivity contribution < 1.29 is 14.4 Å². The lowest BCUT2D eigenvalue weighted by Gasteiger charge is -2.26. The first-order valence-corrected chi connectivity index (χ1v) is 9.18. The maximum atomic E-state index is 12.7. The molecular weight excluding hydrogens is 356 g/mol. The predicted octanol–water partition coefficient (Wildman–Crippen LogP) is 2.69. The van der Waals surface area contributed by atoms with Gasteiger partial charge in [-0.2, -0.15) is 0 Å². The van der Waals surface area contributed by atoms with Crippen LogP contribution >= 0.6 is 0 Å². The quantitative estimate of drug-likeness (QED) is 0.797. The summed E-state index contributed by atoms with van der Waals surface area (Å²) in [4.78, 5) is 40.0. The average Bonchev–Trinajstić information content (AvgIpc) is 3.01. The van der Waals surface area contributed by atoms with Gasteiger partial charge in [0.05, 0.1) is 17.8 Å². The van der Waals surface area contributed by atoms with E-state index in [1.165, 1.54) is 6.92 Å². The van der Waals surface area contributed by atoms with Crippen LogP contribution in [0.3, 0.4) is 0 Å². The van der Waals surface area contributed by atoms with Gasteiger partial charge in [-0.3, -0.25) is 9.59 Å². The maximum Gasteiger partial charge on any atom is 0.329 e. The molecule has 7 nitrogen and oxygen atoms in total. The van der Waals surface area contributed by atoms with Gasteiger partial charge in [-0.05, 0) is 30.7 Å². The number of amides is 4. The molecule has 2 atom stereocenters. The highest BCUT2D eigenvalue weighted by Crippen LogP contribution is 2.26. The summed E-state index contributed by atoms with van der Waals surface area (Å²) in [5.74, 6) is -0.457. The molecule has 0 aliphatic carbocycles. The van der Waals surface area contributed by atoms with Gasteiger partial charge in [0, 0.05) is 25.6 Å². The molecule has 3 rings (SSSR count). The maximum absolute atomic E-state index is 12.7. The lowest BCUT2D eigenvalue weighted by atomic mass is 10.1. The third-order valence-electron chi connectivity index (χ3n) is 4.88. The monoisotopic (exact) mass is 380 g/mol. The summed E-state index contributed by atoms with van der Waals surface area (Å²) >= 11 is 0. The molecule has 0 saturated carbocycles. The summed E-state index contributed by atoms with van der Waals surface area (Å²) in [6.07, 6.45) is 0.200. The highest BCUT2D eigenvalue weighted by Gasteiger charge is 2.35. The molecule has 7 heteroatoms. The summed E-state index contributed by atoms with van der Waals surface area (Å²) in [6, 6.07) is 15.3. The minimum absolute atomic E-state index is 0.0278. The van der Waals surface area contributed by atoms with Gasteiger partial charge < -0.3 is 16.0 Å². The Morgan fingerprint density at radius 1 is 1.18 bits per heavy atom. The largest absolute Gasteiger partial charge is 0.399 e.